The molecule has 0 bridgehead atoms. The van der Waals surface area contributed by atoms with Crippen molar-refractivity contribution >= 4 is 17.3 Å². The molecule has 0 fully saturated rings. The third-order valence-corrected chi connectivity index (χ3v) is 5.17. The lowest BCUT2D eigenvalue weighted by atomic mass is 10.1. The van der Waals surface area contributed by atoms with Crippen LogP contribution in [0.2, 0.25) is 0 Å². The fraction of sp³-hybridized carbons (Fsp3) is 0.154. The van der Waals surface area contributed by atoms with Gasteiger partial charge in [0.15, 0.2) is 11.5 Å². The number of aromatic nitrogens is 2. The summed E-state index contributed by atoms with van der Waals surface area (Å²) in [5.41, 5.74) is 10.3. The summed E-state index contributed by atoms with van der Waals surface area (Å²) >= 11 is 0. The molecule has 0 aliphatic carbocycles. The Morgan fingerprint density at radius 1 is 0.848 bits per heavy atom. The zero-order valence-electron chi connectivity index (χ0n) is 18.8. The van der Waals surface area contributed by atoms with E-state index in [1.54, 1.807) is 20.4 Å². The Balaban J connectivity index is 1.52. The number of methoxy groups -OCH3 is 2. The van der Waals surface area contributed by atoms with Crippen LogP contribution in [0.4, 0.5) is 17.3 Å². The van der Waals surface area contributed by atoms with Gasteiger partial charge < -0.3 is 25.3 Å². The number of benzene rings is 3. The van der Waals surface area contributed by atoms with Crippen LogP contribution in [0.1, 0.15) is 18.6 Å². The highest BCUT2D eigenvalue weighted by atomic mass is 16.5. The second kappa shape index (κ2) is 9.91. The van der Waals surface area contributed by atoms with E-state index >= 15 is 0 Å². The zero-order chi connectivity index (χ0) is 23.2. The van der Waals surface area contributed by atoms with Gasteiger partial charge in [0.2, 0.25) is 5.95 Å². The predicted octanol–water partition coefficient (Wildman–Crippen LogP) is 5.63. The summed E-state index contributed by atoms with van der Waals surface area (Å²) in [6.45, 7) is 2.00. The quantitative estimate of drug-likeness (QED) is 0.342. The summed E-state index contributed by atoms with van der Waals surface area (Å²) in [7, 11) is 3.19. The van der Waals surface area contributed by atoms with E-state index in [9.17, 15) is 0 Å². The molecule has 1 aromatic heterocycles. The number of hydrogen-bond acceptors (Lipinski definition) is 7. The molecule has 33 heavy (non-hydrogen) atoms. The smallest absolute Gasteiger partial charge is 0.227 e. The number of anilines is 3. The van der Waals surface area contributed by atoms with Gasteiger partial charge in [0.25, 0.3) is 0 Å². The van der Waals surface area contributed by atoms with Crippen LogP contribution in [0.5, 0.6) is 17.2 Å². The van der Waals surface area contributed by atoms with E-state index in [1.807, 2.05) is 79.7 Å². The molecule has 1 heterocycles. The van der Waals surface area contributed by atoms with Gasteiger partial charge in [0, 0.05) is 23.5 Å². The van der Waals surface area contributed by atoms with Crippen LogP contribution in [0.15, 0.2) is 79.0 Å². The number of nitrogens with two attached hydrogens (primary N) is 1. The highest BCUT2D eigenvalue weighted by molar-refractivity contribution is 5.69. The van der Waals surface area contributed by atoms with Crippen molar-refractivity contribution in [3.8, 4) is 28.5 Å². The molecule has 0 radical (unpaired) electrons. The Morgan fingerprint density at radius 3 is 2.33 bits per heavy atom. The number of hydrogen-bond donors (Lipinski definition) is 2. The van der Waals surface area contributed by atoms with Crippen molar-refractivity contribution < 1.29 is 14.2 Å². The van der Waals surface area contributed by atoms with Crippen LogP contribution in [0.3, 0.4) is 0 Å². The fourth-order valence-corrected chi connectivity index (χ4v) is 3.42. The molecule has 4 rings (SSSR count). The molecule has 0 aliphatic heterocycles. The van der Waals surface area contributed by atoms with Crippen molar-refractivity contribution in [2.45, 2.75) is 13.0 Å². The molecule has 168 valence electrons. The highest BCUT2D eigenvalue weighted by Gasteiger charge is 2.12. The van der Waals surface area contributed by atoms with Crippen molar-refractivity contribution in [1.82, 2.24) is 9.97 Å². The molecular weight excluding hydrogens is 416 g/mol. The number of nitrogens with one attached hydrogen (secondary N) is 1. The van der Waals surface area contributed by atoms with Crippen LogP contribution in [0.25, 0.3) is 11.3 Å². The number of nitrogen functional groups attached to an aromatic ring is 1. The maximum atomic E-state index is 6.30. The third-order valence-electron chi connectivity index (χ3n) is 5.17. The lowest BCUT2D eigenvalue weighted by Gasteiger charge is -2.17. The Morgan fingerprint density at radius 2 is 1.61 bits per heavy atom. The number of ether oxygens (including phenoxy) is 3. The van der Waals surface area contributed by atoms with Gasteiger partial charge in [0.05, 0.1) is 25.6 Å². The minimum atomic E-state index is -0.115. The summed E-state index contributed by atoms with van der Waals surface area (Å²) in [6, 6.07) is 23.0. The van der Waals surface area contributed by atoms with Gasteiger partial charge in [-0.3, -0.25) is 0 Å². The van der Waals surface area contributed by atoms with Crippen molar-refractivity contribution in [3.05, 3.63) is 84.6 Å². The van der Waals surface area contributed by atoms with E-state index in [2.05, 4.69) is 15.3 Å². The van der Waals surface area contributed by atoms with E-state index in [0.29, 0.717) is 28.9 Å². The van der Waals surface area contributed by atoms with Crippen LogP contribution < -0.4 is 25.3 Å². The first-order valence-electron chi connectivity index (χ1n) is 10.5. The van der Waals surface area contributed by atoms with Gasteiger partial charge in [-0.25, -0.2) is 9.97 Å². The van der Waals surface area contributed by atoms with Crippen LogP contribution in [-0.2, 0) is 0 Å². The van der Waals surface area contributed by atoms with Crippen molar-refractivity contribution in [2.24, 2.45) is 0 Å². The Bertz CT molecular complexity index is 1230. The first-order chi connectivity index (χ1) is 16.1. The molecule has 7 heteroatoms. The largest absolute Gasteiger partial charge is 0.493 e. The topological polar surface area (TPSA) is 91.5 Å². The van der Waals surface area contributed by atoms with Crippen LogP contribution in [-0.4, -0.2) is 24.2 Å². The molecule has 4 aromatic rings. The van der Waals surface area contributed by atoms with Crippen molar-refractivity contribution in [2.75, 3.05) is 25.3 Å². The maximum Gasteiger partial charge on any atom is 0.227 e. The Kier molecular flexibility index (Phi) is 6.59. The summed E-state index contributed by atoms with van der Waals surface area (Å²) in [5, 5.41) is 3.20. The van der Waals surface area contributed by atoms with E-state index in [4.69, 9.17) is 19.9 Å². The van der Waals surface area contributed by atoms with E-state index in [0.717, 1.165) is 22.5 Å². The minimum absolute atomic E-state index is 0.115. The normalized spacial score (nSPS) is 11.5. The minimum Gasteiger partial charge on any atom is -0.493 e. The Labute approximate surface area is 193 Å². The summed E-state index contributed by atoms with van der Waals surface area (Å²) in [6.07, 6.45) is 1.58. The van der Waals surface area contributed by atoms with Crippen LogP contribution >= 0.6 is 0 Å². The maximum absolute atomic E-state index is 6.30. The van der Waals surface area contributed by atoms with E-state index in [-0.39, 0.29) is 6.10 Å². The molecule has 1 atom stereocenters. The van der Waals surface area contributed by atoms with Gasteiger partial charge in [-0.15, -0.1) is 0 Å². The SMILES string of the molecule is COc1ccc(Nc2nccc(-c3ccc(OC(C)c4ccccc4)c(N)c3)n2)cc1OC. The second-order valence-electron chi connectivity index (χ2n) is 7.38. The molecule has 0 amide bonds. The summed E-state index contributed by atoms with van der Waals surface area (Å²) < 4.78 is 16.7. The van der Waals surface area contributed by atoms with Gasteiger partial charge in [-0.1, -0.05) is 30.3 Å². The number of rotatable bonds is 8. The lowest BCUT2D eigenvalue weighted by molar-refractivity contribution is 0.228. The van der Waals surface area contributed by atoms with Crippen LogP contribution in [0, 0.1) is 0 Å². The second-order valence-corrected chi connectivity index (χ2v) is 7.38. The standard InChI is InChI=1S/C26H26N4O3/c1-17(18-7-5-4-6-8-18)33-23-11-9-19(15-21(23)27)22-13-14-28-26(30-22)29-20-10-12-24(31-2)25(16-20)32-3/h4-17H,27H2,1-3H3,(H,28,29,30). The fourth-order valence-electron chi connectivity index (χ4n) is 3.42. The average molecular weight is 443 g/mol. The van der Waals surface area contributed by atoms with E-state index in [1.165, 1.54) is 0 Å². The van der Waals surface area contributed by atoms with Gasteiger partial charge in [-0.2, -0.15) is 0 Å². The van der Waals surface area contributed by atoms with E-state index < -0.39 is 0 Å². The summed E-state index contributed by atoms with van der Waals surface area (Å²) in [4.78, 5) is 8.95. The molecule has 0 saturated carbocycles. The highest BCUT2D eigenvalue weighted by Crippen LogP contribution is 2.33. The zero-order valence-corrected chi connectivity index (χ0v) is 18.8. The summed E-state index contributed by atoms with van der Waals surface area (Å²) in [5.74, 6) is 2.35. The predicted molar refractivity (Wildman–Crippen MR) is 130 cm³/mol. The van der Waals surface area contributed by atoms with Crippen molar-refractivity contribution in [3.63, 3.8) is 0 Å². The molecule has 0 spiro atoms. The molecule has 7 nitrogen and oxygen atoms in total. The molecular formula is C26H26N4O3. The molecule has 0 saturated heterocycles. The number of nitrogens with zero attached hydrogens (tertiary/aromatic N) is 2. The molecule has 3 N–H and O–H groups in total. The van der Waals surface area contributed by atoms with Crippen molar-refractivity contribution in [1.29, 1.82) is 0 Å². The van der Waals surface area contributed by atoms with Gasteiger partial charge >= 0.3 is 0 Å². The molecule has 0 aliphatic rings. The average Bonchev–Trinajstić information content (AvgIpc) is 2.85. The molecule has 1 unspecified atom stereocenters. The third kappa shape index (κ3) is 5.15. The first kappa shape index (κ1) is 22.0. The monoisotopic (exact) mass is 442 g/mol. The van der Waals surface area contributed by atoms with Gasteiger partial charge in [-0.05, 0) is 48.9 Å². The Hall–Kier alpha value is -4.26. The van der Waals surface area contributed by atoms with Gasteiger partial charge in [0.1, 0.15) is 11.9 Å². The lowest BCUT2D eigenvalue weighted by Crippen LogP contribution is -2.05. The first-order valence-corrected chi connectivity index (χ1v) is 10.5. The molecule has 3 aromatic carbocycles.